The van der Waals surface area contributed by atoms with Crippen molar-refractivity contribution in [2.24, 2.45) is 14.1 Å². The fraction of sp³-hybridized carbons (Fsp3) is 0.269. The van der Waals surface area contributed by atoms with Crippen LogP contribution in [-0.2, 0) is 18.8 Å². The summed E-state index contributed by atoms with van der Waals surface area (Å²) >= 11 is 0. The van der Waals surface area contributed by atoms with Crippen molar-refractivity contribution in [3.05, 3.63) is 59.3 Å². The minimum absolute atomic E-state index is 0.207. The Labute approximate surface area is 223 Å². The smallest absolute Gasteiger partial charge is 0.277 e. The number of aromatic nitrogens is 7. The second kappa shape index (κ2) is 10.1. The molecule has 3 N–H and O–H groups in total. The van der Waals surface area contributed by atoms with E-state index in [4.69, 9.17) is 9.47 Å². The standard InChI is InChI=1S/C26H28N10O3/c1-34-15-28-24(32-34)17-5-4-6-18(23(17)38-3)29-19-13-21(31-25-22(19)26(37)35(2)33-25)30-20-8-7-16(14-27-20)36-9-11-39-12-10-36/h4-8,13-15H,9-12H2,1-3H3,(H3,27,29,30,31,33). The van der Waals surface area contributed by atoms with Gasteiger partial charge in [-0.2, -0.15) is 5.10 Å². The number of nitrogens with one attached hydrogen (secondary N) is 3. The van der Waals surface area contributed by atoms with E-state index in [0.717, 1.165) is 24.3 Å². The Hall–Kier alpha value is -4.91. The number of morpholine rings is 1. The lowest BCUT2D eigenvalue weighted by molar-refractivity contribution is 0.122. The highest BCUT2D eigenvalue weighted by Gasteiger charge is 2.19. The second-order valence-electron chi connectivity index (χ2n) is 9.13. The molecule has 0 aliphatic carbocycles. The van der Waals surface area contributed by atoms with Gasteiger partial charge in [0.1, 0.15) is 23.3 Å². The van der Waals surface area contributed by atoms with Crippen LogP contribution in [0.5, 0.6) is 5.75 Å². The number of pyridine rings is 2. The normalized spacial score (nSPS) is 13.6. The molecule has 5 aromatic rings. The number of benzene rings is 1. The van der Waals surface area contributed by atoms with Crippen molar-refractivity contribution < 1.29 is 9.47 Å². The first kappa shape index (κ1) is 24.4. The van der Waals surface area contributed by atoms with Crippen LogP contribution in [0.2, 0.25) is 0 Å². The van der Waals surface area contributed by atoms with Gasteiger partial charge < -0.3 is 25.0 Å². The lowest BCUT2D eigenvalue weighted by atomic mass is 10.1. The van der Waals surface area contributed by atoms with Crippen LogP contribution in [0.3, 0.4) is 0 Å². The van der Waals surface area contributed by atoms with Gasteiger partial charge in [-0.15, -0.1) is 0 Å². The molecule has 13 nitrogen and oxygen atoms in total. The highest BCUT2D eigenvalue weighted by atomic mass is 16.5. The first-order valence-electron chi connectivity index (χ1n) is 12.5. The maximum absolute atomic E-state index is 13.0. The molecular formula is C26H28N10O3. The topological polar surface area (TPSA) is 140 Å². The molecule has 0 unspecified atom stereocenters. The molecule has 0 spiro atoms. The molecule has 0 radical (unpaired) electrons. The summed E-state index contributed by atoms with van der Waals surface area (Å²) in [6.07, 6.45) is 3.46. The summed E-state index contributed by atoms with van der Waals surface area (Å²) in [5.41, 5.74) is 3.19. The van der Waals surface area contributed by atoms with Crippen molar-refractivity contribution >= 4 is 39.7 Å². The molecular weight excluding hydrogens is 500 g/mol. The molecule has 0 atom stereocenters. The van der Waals surface area contributed by atoms with Crippen LogP contribution in [0, 0.1) is 0 Å². The first-order valence-corrected chi connectivity index (χ1v) is 12.5. The van der Waals surface area contributed by atoms with Crippen LogP contribution >= 0.6 is 0 Å². The van der Waals surface area contributed by atoms with Gasteiger partial charge in [0.25, 0.3) is 5.56 Å². The number of hydrogen-bond donors (Lipinski definition) is 3. The Morgan fingerprint density at radius 3 is 2.59 bits per heavy atom. The third kappa shape index (κ3) is 4.75. The van der Waals surface area contributed by atoms with Crippen LogP contribution < -0.4 is 25.8 Å². The number of H-pyrrole nitrogens is 1. The molecule has 4 aromatic heterocycles. The quantitative estimate of drug-likeness (QED) is 0.289. The number of para-hydroxylation sites is 1. The molecule has 0 saturated carbocycles. The summed E-state index contributed by atoms with van der Waals surface area (Å²) in [5.74, 6) is 2.23. The zero-order chi connectivity index (χ0) is 26.9. The van der Waals surface area contributed by atoms with Gasteiger partial charge in [0.15, 0.2) is 17.2 Å². The number of methoxy groups -OCH3 is 1. The Bertz CT molecular complexity index is 1680. The summed E-state index contributed by atoms with van der Waals surface area (Å²) in [6.45, 7) is 3.09. The maximum Gasteiger partial charge on any atom is 0.277 e. The van der Waals surface area contributed by atoms with Gasteiger partial charge in [0.05, 0.1) is 49.1 Å². The maximum atomic E-state index is 13.0. The van der Waals surface area contributed by atoms with Gasteiger partial charge in [-0.1, -0.05) is 6.07 Å². The summed E-state index contributed by atoms with van der Waals surface area (Å²) < 4.78 is 14.2. The number of rotatable bonds is 7. The average molecular weight is 529 g/mol. The Morgan fingerprint density at radius 2 is 1.87 bits per heavy atom. The molecule has 1 saturated heterocycles. The minimum Gasteiger partial charge on any atom is -0.494 e. The summed E-state index contributed by atoms with van der Waals surface area (Å²) in [5, 5.41) is 14.5. The summed E-state index contributed by atoms with van der Waals surface area (Å²) in [6, 6.07) is 11.3. The summed E-state index contributed by atoms with van der Waals surface area (Å²) in [4.78, 5) is 28.8. The molecule has 1 fully saturated rings. The van der Waals surface area contributed by atoms with Crippen LogP contribution in [-0.4, -0.2) is 67.9 Å². The number of anilines is 5. The summed E-state index contributed by atoms with van der Waals surface area (Å²) in [7, 11) is 5.05. The Morgan fingerprint density at radius 1 is 1.03 bits per heavy atom. The van der Waals surface area contributed by atoms with Gasteiger partial charge >= 0.3 is 0 Å². The van der Waals surface area contributed by atoms with Crippen molar-refractivity contribution in [3.63, 3.8) is 0 Å². The number of aryl methyl sites for hydroxylation is 2. The van der Waals surface area contributed by atoms with E-state index in [-0.39, 0.29) is 5.56 Å². The lowest BCUT2D eigenvalue weighted by Gasteiger charge is -2.28. The lowest BCUT2D eigenvalue weighted by Crippen LogP contribution is -2.36. The van der Waals surface area contributed by atoms with Gasteiger partial charge in [-0.3, -0.25) is 19.3 Å². The van der Waals surface area contributed by atoms with Crippen molar-refractivity contribution in [1.29, 1.82) is 0 Å². The molecule has 0 bridgehead atoms. The fourth-order valence-corrected chi connectivity index (χ4v) is 4.62. The second-order valence-corrected chi connectivity index (χ2v) is 9.13. The molecule has 1 aliphatic heterocycles. The number of nitrogens with zero attached hydrogens (tertiary/aromatic N) is 7. The molecule has 200 valence electrons. The fourth-order valence-electron chi connectivity index (χ4n) is 4.62. The Balaban J connectivity index is 1.35. The molecule has 1 aromatic carbocycles. The highest BCUT2D eigenvalue weighted by Crippen LogP contribution is 2.37. The number of hydrogen-bond acceptors (Lipinski definition) is 10. The highest BCUT2D eigenvalue weighted by molar-refractivity contribution is 5.94. The number of ether oxygens (including phenoxy) is 2. The van der Waals surface area contributed by atoms with Crippen LogP contribution in [0.25, 0.3) is 22.4 Å². The zero-order valence-corrected chi connectivity index (χ0v) is 21.8. The van der Waals surface area contributed by atoms with E-state index < -0.39 is 0 Å². The molecule has 13 heteroatoms. The molecule has 6 rings (SSSR count). The minimum atomic E-state index is -0.207. The van der Waals surface area contributed by atoms with Gasteiger partial charge in [-0.05, 0) is 24.3 Å². The molecule has 0 amide bonds. The van der Waals surface area contributed by atoms with Crippen molar-refractivity contribution in [2.75, 3.05) is 48.9 Å². The first-order chi connectivity index (χ1) is 19.0. The monoisotopic (exact) mass is 528 g/mol. The van der Waals surface area contributed by atoms with Crippen molar-refractivity contribution in [2.45, 2.75) is 0 Å². The van der Waals surface area contributed by atoms with E-state index in [2.05, 4.69) is 40.7 Å². The third-order valence-electron chi connectivity index (χ3n) is 6.52. The van der Waals surface area contributed by atoms with E-state index in [1.807, 2.05) is 36.5 Å². The number of fused-ring (bicyclic) bond motifs is 1. The molecule has 39 heavy (non-hydrogen) atoms. The molecule has 1 aliphatic rings. The predicted octanol–water partition coefficient (Wildman–Crippen LogP) is 2.78. The van der Waals surface area contributed by atoms with E-state index in [1.165, 1.54) is 4.68 Å². The predicted molar refractivity (Wildman–Crippen MR) is 148 cm³/mol. The van der Waals surface area contributed by atoms with Crippen LogP contribution in [0.4, 0.5) is 28.7 Å². The third-order valence-corrected chi connectivity index (χ3v) is 6.52. The van der Waals surface area contributed by atoms with E-state index in [0.29, 0.717) is 58.8 Å². The van der Waals surface area contributed by atoms with Gasteiger partial charge in [0.2, 0.25) is 0 Å². The van der Waals surface area contributed by atoms with Crippen molar-refractivity contribution in [3.8, 4) is 17.1 Å². The van der Waals surface area contributed by atoms with E-state index in [9.17, 15) is 4.79 Å². The van der Waals surface area contributed by atoms with Gasteiger partial charge in [-0.25, -0.2) is 15.0 Å². The SMILES string of the molecule is COc1c(Nc2cc(Nc3ccc(N4CCOCC4)cn3)nc3[nH]n(C)c(=O)c23)cccc1-c1ncn(C)n1. The van der Waals surface area contributed by atoms with Gasteiger partial charge in [0, 0.05) is 33.3 Å². The van der Waals surface area contributed by atoms with Crippen LogP contribution in [0.15, 0.2) is 53.7 Å². The Kier molecular flexibility index (Phi) is 6.32. The van der Waals surface area contributed by atoms with Crippen molar-refractivity contribution in [1.82, 2.24) is 34.5 Å². The average Bonchev–Trinajstić information content (AvgIpc) is 3.51. The van der Waals surface area contributed by atoms with Crippen LogP contribution in [0.1, 0.15) is 0 Å². The zero-order valence-electron chi connectivity index (χ0n) is 21.8. The van der Waals surface area contributed by atoms with E-state index in [1.54, 1.807) is 38.3 Å². The largest absolute Gasteiger partial charge is 0.494 e. The molecule has 5 heterocycles. The number of aromatic amines is 1. The van der Waals surface area contributed by atoms with E-state index >= 15 is 0 Å².